The van der Waals surface area contributed by atoms with Gasteiger partial charge in [-0.2, -0.15) is 0 Å². The summed E-state index contributed by atoms with van der Waals surface area (Å²) >= 11 is 3.11. The van der Waals surface area contributed by atoms with Crippen LogP contribution in [0.1, 0.15) is 19.8 Å². The van der Waals surface area contributed by atoms with E-state index in [1.807, 2.05) is 6.92 Å². The number of ether oxygens (including phenoxy) is 1. The summed E-state index contributed by atoms with van der Waals surface area (Å²) in [6.45, 7) is 1.84. The van der Waals surface area contributed by atoms with E-state index in [4.69, 9.17) is 9.84 Å². The van der Waals surface area contributed by atoms with Crippen molar-refractivity contribution in [3.8, 4) is 5.75 Å². The maximum atomic E-state index is 13.4. The summed E-state index contributed by atoms with van der Waals surface area (Å²) in [6, 6.07) is 4.24. The Kier molecular flexibility index (Phi) is 4.73. The van der Waals surface area contributed by atoms with Crippen molar-refractivity contribution in [3.05, 3.63) is 28.5 Å². The number of carboxylic acid groups (broad SMARTS) is 1. The molecule has 0 radical (unpaired) electrons. The van der Waals surface area contributed by atoms with E-state index in [1.165, 1.54) is 12.1 Å². The Morgan fingerprint density at radius 1 is 1.62 bits per heavy atom. The van der Waals surface area contributed by atoms with Gasteiger partial charge in [0.2, 0.25) is 0 Å². The smallest absolute Gasteiger partial charge is 0.344 e. The van der Waals surface area contributed by atoms with Crippen LogP contribution in [0.4, 0.5) is 4.39 Å². The number of aliphatic carboxylic acids is 1. The third-order valence-corrected chi connectivity index (χ3v) is 2.48. The van der Waals surface area contributed by atoms with Crippen molar-refractivity contribution in [2.75, 3.05) is 0 Å². The van der Waals surface area contributed by atoms with Crippen LogP contribution >= 0.6 is 15.9 Å². The van der Waals surface area contributed by atoms with Gasteiger partial charge in [-0.3, -0.25) is 0 Å². The zero-order chi connectivity index (χ0) is 12.1. The first kappa shape index (κ1) is 13.0. The normalized spacial score (nSPS) is 12.2. The number of rotatable bonds is 5. The Hall–Kier alpha value is -1.10. The van der Waals surface area contributed by atoms with Gasteiger partial charge in [0.1, 0.15) is 0 Å². The van der Waals surface area contributed by atoms with E-state index in [0.717, 1.165) is 0 Å². The number of hydrogen-bond acceptors (Lipinski definition) is 2. The molecule has 0 aliphatic heterocycles. The fourth-order valence-corrected chi connectivity index (χ4v) is 1.55. The van der Waals surface area contributed by atoms with Gasteiger partial charge in [-0.05, 0) is 24.6 Å². The van der Waals surface area contributed by atoms with Gasteiger partial charge in [-0.15, -0.1) is 0 Å². The maximum Gasteiger partial charge on any atom is 0.344 e. The van der Waals surface area contributed by atoms with Crippen LogP contribution in [-0.4, -0.2) is 17.2 Å². The molecule has 1 aromatic rings. The molecule has 0 saturated heterocycles. The minimum atomic E-state index is -1.08. The fraction of sp³-hybridized carbons (Fsp3) is 0.364. The first-order valence-corrected chi connectivity index (χ1v) is 5.68. The summed E-state index contributed by atoms with van der Waals surface area (Å²) in [5.74, 6) is -1.69. The number of benzene rings is 1. The van der Waals surface area contributed by atoms with Crippen molar-refractivity contribution in [3.63, 3.8) is 0 Å². The molecular weight excluding hydrogens is 279 g/mol. The Balaban J connectivity index is 2.81. The molecule has 0 aromatic heterocycles. The molecular formula is C11H12BrFO3. The summed E-state index contributed by atoms with van der Waals surface area (Å²) in [6.07, 6.45) is 0.0145. The second-order valence-corrected chi connectivity index (χ2v) is 4.22. The minimum absolute atomic E-state index is 0.0379. The number of hydrogen-bond donors (Lipinski definition) is 1. The molecule has 1 N–H and O–H groups in total. The van der Waals surface area contributed by atoms with Crippen molar-refractivity contribution < 1.29 is 19.0 Å². The molecule has 1 unspecified atom stereocenters. The molecule has 0 saturated carbocycles. The minimum Gasteiger partial charge on any atom is -0.479 e. The highest BCUT2D eigenvalue weighted by atomic mass is 79.9. The van der Waals surface area contributed by atoms with Gasteiger partial charge >= 0.3 is 5.97 Å². The maximum absolute atomic E-state index is 13.4. The third kappa shape index (κ3) is 3.48. The van der Waals surface area contributed by atoms with E-state index in [0.29, 0.717) is 17.3 Å². The molecule has 3 nitrogen and oxygen atoms in total. The van der Waals surface area contributed by atoms with Gasteiger partial charge in [0.25, 0.3) is 0 Å². The lowest BCUT2D eigenvalue weighted by molar-refractivity contribution is -0.145. The van der Waals surface area contributed by atoms with Crippen LogP contribution in [0.15, 0.2) is 22.7 Å². The van der Waals surface area contributed by atoms with Crippen molar-refractivity contribution in [2.24, 2.45) is 0 Å². The molecule has 1 rings (SSSR count). The Bertz CT molecular complexity index is 381. The van der Waals surface area contributed by atoms with Crippen LogP contribution in [0.2, 0.25) is 0 Å². The van der Waals surface area contributed by atoms with E-state index in [9.17, 15) is 9.18 Å². The molecule has 0 aliphatic rings. The molecule has 0 amide bonds. The largest absolute Gasteiger partial charge is 0.479 e. The van der Waals surface area contributed by atoms with Crippen LogP contribution in [0.3, 0.4) is 0 Å². The summed E-state index contributed by atoms with van der Waals surface area (Å²) < 4.78 is 19.1. The van der Waals surface area contributed by atoms with E-state index < -0.39 is 17.9 Å². The Labute approximate surface area is 101 Å². The van der Waals surface area contributed by atoms with Gasteiger partial charge in [0.05, 0.1) is 0 Å². The Morgan fingerprint density at radius 2 is 2.31 bits per heavy atom. The number of carboxylic acids is 1. The van der Waals surface area contributed by atoms with Crippen molar-refractivity contribution in [1.29, 1.82) is 0 Å². The average molecular weight is 291 g/mol. The van der Waals surface area contributed by atoms with Gasteiger partial charge < -0.3 is 9.84 Å². The molecule has 0 aliphatic carbocycles. The molecule has 1 aromatic carbocycles. The van der Waals surface area contributed by atoms with Crippen molar-refractivity contribution in [2.45, 2.75) is 25.9 Å². The number of carbonyl (C=O) groups is 1. The third-order valence-electron chi connectivity index (χ3n) is 1.99. The van der Waals surface area contributed by atoms with Crippen molar-refractivity contribution >= 4 is 21.9 Å². The lowest BCUT2D eigenvalue weighted by Gasteiger charge is -2.14. The Morgan fingerprint density at radius 3 is 2.81 bits per heavy atom. The summed E-state index contributed by atoms with van der Waals surface area (Å²) in [5.41, 5.74) is 0. The first-order chi connectivity index (χ1) is 7.54. The van der Waals surface area contributed by atoms with Crippen LogP contribution in [-0.2, 0) is 4.79 Å². The van der Waals surface area contributed by atoms with Crippen LogP contribution < -0.4 is 4.74 Å². The molecule has 0 spiro atoms. The standard InChI is InChI=1S/C11H12BrFO3/c1-2-3-10(11(14)15)16-9-5-4-7(12)6-8(9)13/h4-6,10H,2-3H2,1H3,(H,14,15). The highest BCUT2D eigenvalue weighted by Crippen LogP contribution is 2.23. The van der Waals surface area contributed by atoms with E-state index in [1.54, 1.807) is 6.07 Å². The fourth-order valence-electron chi connectivity index (χ4n) is 1.22. The van der Waals surface area contributed by atoms with E-state index in [2.05, 4.69) is 15.9 Å². The topological polar surface area (TPSA) is 46.5 Å². The van der Waals surface area contributed by atoms with Crippen LogP contribution in [0.5, 0.6) is 5.75 Å². The van der Waals surface area contributed by atoms with Crippen LogP contribution in [0, 0.1) is 5.82 Å². The first-order valence-electron chi connectivity index (χ1n) is 4.89. The summed E-state index contributed by atoms with van der Waals surface area (Å²) in [5, 5.41) is 8.85. The summed E-state index contributed by atoms with van der Waals surface area (Å²) in [7, 11) is 0. The zero-order valence-electron chi connectivity index (χ0n) is 8.74. The van der Waals surface area contributed by atoms with E-state index >= 15 is 0 Å². The predicted octanol–water partition coefficient (Wildman–Crippen LogP) is 3.22. The molecule has 0 heterocycles. The average Bonchev–Trinajstić information content (AvgIpc) is 2.20. The summed E-state index contributed by atoms with van der Waals surface area (Å²) in [4.78, 5) is 10.8. The lowest BCUT2D eigenvalue weighted by Crippen LogP contribution is -2.27. The van der Waals surface area contributed by atoms with Gasteiger partial charge in [0.15, 0.2) is 17.7 Å². The van der Waals surface area contributed by atoms with Gasteiger partial charge in [-0.25, -0.2) is 9.18 Å². The van der Waals surface area contributed by atoms with E-state index in [-0.39, 0.29) is 5.75 Å². The van der Waals surface area contributed by atoms with Crippen molar-refractivity contribution in [1.82, 2.24) is 0 Å². The highest BCUT2D eigenvalue weighted by Gasteiger charge is 2.19. The second-order valence-electron chi connectivity index (χ2n) is 3.31. The monoisotopic (exact) mass is 290 g/mol. The predicted molar refractivity (Wildman–Crippen MR) is 61.1 cm³/mol. The molecule has 5 heteroatoms. The van der Waals surface area contributed by atoms with Gasteiger partial charge in [0, 0.05) is 4.47 Å². The molecule has 1 atom stereocenters. The quantitative estimate of drug-likeness (QED) is 0.906. The molecule has 88 valence electrons. The molecule has 16 heavy (non-hydrogen) atoms. The lowest BCUT2D eigenvalue weighted by atomic mass is 10.2. The number of halogens is 2. The highest BCUT2D eigenvalue weighted by molar-refractivity contribution is 9.10. The van der Waals surface area contributed by atoms with Crippen LogP contribution in [0.25, 0.3) is 0 Å². The van der Waals surface area contributed by atoms with Gasteiger partial charge in [-0.1, -0.05) is 29.3 Å². The second kappa shape index (κ2) is 5.84. The zero-order valence-corrected chi connectivity index (χ0v) is 10.3. The molecule has 0 bridgehead atoms. The molecule has 0 fully saturated rings. The SMILES string of the molecule is CCCC(Oc1ccc(Br)cc1F)C(=O)O.